The molecule has 2 aromatic carbocycles. The summed E-state index contributed by atoms with van der Waals surface area (Å²) in [4.78, 5) is 2.20. The number of hydrogen-bond donors (Lipinski definition) is 0. The van der Waals surface area contributed by atoms with Gasteiger partial charge in [-0.1, -0.05) is 42.8 Å². The van der Waals surface area contributed by atoms with Crippen LogP contribution in [0.2, 0.25) is 0 Å². The van der Waals surface area contributed by atoms with Gasteiger partial charge in [0.05, 0.1) is 17.5 Å². The van der Waals surface area contributed by atoms with Crippen molar-refractivity contribution in [3.05, 3.63) is 48.0 Å². The summed E-state index contributed by atoms with van der Waals surface area (Å²) in [7, 11) is 4.16. The lowest BCUT2D eigenvalue weighted by Gasteiger charge is -2.45. The molecule has 1 atom stereocenters. The lowest BCUT2D eigenvalue weighted by Crippen LogP contribution is -2.41. The minimum absolute atomic E-state index is 0.186. The molecule has 0 saturated heterocycles. The van der Waals surface area contributed by atoms with E-state index in [2.05, 4.69) is 67.5 Å². The van der Waals surface area contributed by atoms with E-state index >= 15 is 0 Å². The largest absolute Gasteiger partial charge is 0.301 e. The fourth-order valence-corrected chi connectivity index (χ4v) is 3.49. The van der Waals surface area contributed by atoms with Gasteiger partial charge in [-0.2, -0.15) is 5.26 Å². The van der Waals surface area contributed by atoms with Crippen molar-refractivity contribution in [2.75, 3.05) is 14.1 Å². The standard InChI is InChI=1S/C18H20N2/c1-20(2)17(18(13-19)10-5-11-18)16-9-8-14-6-3-4-7-15(14)12-16/h3-4,6-9,12,17H,5,10-11H2,1-2H3. The van der Waals surface area contributed by atoms with E-state index in [9.17, 15) is 5.26 Å². The van der Waals surface area contributed by atoms with Crippen molar-refractivity contribution >= 4 is 10.8 Å². The predicted molar refractivity (Wildman–Crippen MR) is 82.3 cm³/mol. The van der Waals surface area contributed by atoms with Gasteiger partial charge in [-0.25, -0.2) is 0 Å². The molecule has 1 saturated carbocycles. The van der Waals surface area contributed by atoms with E-state index in [0.29, 0.717) is 0 Å². The Bertz CT molecular complexity index is 662. The van der Waals surface area contributed by atoms with Gasteiger partial charge in [0.25, 0.3) is 0 Å². The molecule has 0 heterocycles. The highest BCUT2D eigenvalue weighted by atomic mass is 15.1. The van der Waals surface area contributed by atoms with Crippen LogP contribution in [0.15, 0.2) is 42.5 Å². The fraction of sp³-hybridized carbons (Fsp3) is 0.389. The molecule has 2 nitrogen and oxygen atoms in total. The Morgan fingerprint density at radius 1 is 1.10 bits per heavy atom. The monoisotopic (exact) mass is 264 g/mol. The van der Waals surface area contributed by atoms with E-state index in [-0.39, 0.29) is 11.5 Å². The summed E-state index contributed by atoms with van der Waals surface area (Å²) in [6, 6.07) is 17.8. The number of benzene rings is 2. The van der Waals surface area contributed by atoms with Crippen LogP contribution in [0, 0.1) is 16.7 Å². The molecule has 0 radical (unpaired) electrons. The fourth-order valence-electron chi connectivity index (χ4n) is 3.49. The van der Waals surface area contributed by atoms with Crippen molar-refractivity contribution in [3.8, 4) is 6.07 Å². The third kappa shape index (κ3) is 1.99. The molecule has 0 aromatic heterocycles. The third-order valence-corrected chi connectivity index (χ3v) is 4.60. The van der Waals surface area contributed by atoms with E-state index in [4.69, 9.17) is 0 Å². The van der Waals surface area contributed by atoms with Crippen molar-refractivity contribution in [2.45, 2.75) is 25.3 Å². The molecule has 102 valence electrons. The summed E-state index contributed by atoms with van der Waals surface area (Å²) in [6.07, 6.45) is 3.20. The van der Waals surface area contributed by atoms with Crippen LogP contribution in [-0.2, 0) is 0 Å². The SMILES string of the molecule is CN(C)C(c1ccc2ccccc2c1)C1(C#N)CCC1. The molecular formula is C18H20N2. The number of hydrogen-bond acceptors (Lipinski definition) is 2. The Morgan fingerprint density at radius 2 is 1.80 bits per heavy atom. The zero-order valence-electron chi connectivity index (χ0n) is 12.1. The minimum atomic E-state index is -0.202. The zero-order chi connectivity index (χ0) is 14.2. The molecule has 0 N–H and O–H groups in total. The maximum Gasteiger partial charge on any atom is 0.0770 e. The van der Waals surface area contributed by atoms with E-state index in [1.54, 1.807) is 0 Å². The highest BCUT2D eigenvalue weighted by molar-refractivity contribution is 5.83. The third-order valence-electron chi connectivity index (χ3n) is 4.60. The average Bonchev–Trinajstić information content (AvgIpc) is 2.41. The van der Waals surface area contributed by atoms with Gasteiger partial charge < -0.3 is 4.90 Å². The van der Waals surface area contributed by atoms with Gasteiger partial charge in [-0.15, -0.1) is 0 Å². The number of rotatable bonds is 3. The van der Waals surface area contributed by atoms with Crippen molar-refractivity contribution < 1.29 is 0 Å². The second kappa shape index (κ2) is 4.92. The Kier molecular flexibility index (Phi) is 3.23. The van der Waals surface area contributed by atoms with Gasteiger partial charge in [-0.05, 0) is 49.3 Å². The topological polar surface area (TPSA) is 27.0 Å². The number of nitriles is 1. The van der Waals surface area contributed by atoms with Crippen LogP contribution in [0.5, 0.6) is 0 Å². The number of nitrogens with zero attached hydrogens (tertiary/aromatic N) is 2. The van der Waals surface area contributed by atoms with Crippen LogP contribution in [-0.4, -0.2) is 19.0 Å². The molecule has 1 aliphatic carbocycles. The molecule has 1 unspecified atom stereocenters. The molecule has 0 amide bonds. The average molecular weight is 264 g/mol. The molecule has 2 aromatic rings. The quantitative estimate of drug-likeness (QED) is 0.833. The maximum absolute atomic E-state index is 9.65. The Morgan fingerprint density at radius 3 is 2.35 bits per heavy atom. The van der Waals surface area contributed by atoms with Crippen molar-refractivity contribution in [1.82, 2.24) is 4.90 Å². The van der Waals surface area contributed by atoms with E-state index in [1.807, 2.05) is 0 Å². The van der Waals surface area contributed by atoms with Gasteiger partial charge in [0.2, 0.25) is 0 Å². The Labute approximate surface area is 120 Å². The van der Waals surface area contributed by atoms with E-state index in [1.165, 1.54) is 22.8 Å². The Hall–Kier alpha value is -1.85. The van der Waals surface area contributed by atoms with Crippen molar-refractivity contribution in [2.24, 2.45) is 5.41 Å². The summed E-state index contributed by atoms with van der Waals surface area (Å²) in [5, 5.41) is 12.2. The first-order chi connectivity index (χ1) is 9.66. The molecule has 1 aliphatic rings. The highest BCUT2D eigenvalue weighted by Gasteiger charge is 2.46. The lowest BCUT2D eigenvalue weighted by molar-refractivity contribution is 0.0750. The maximum atomic E-state index is 9.65. The first-order valence-electron chi connectivity index (χ1n) is 7.23. The normalized spacial score (nSPS) is 18.5. The molecule has 3 rings (SSSR count). The summed E-state index contributed by atoms with van der Waals surface area (Å²) in [5.74, 6) is 0. The zero-order valence-corrected chi connectivity index (χ0v) is 12.1. The van der Waals surface area contributed by atoms with Crippen LogP contribution in [0.25, 0.3) is 10.8 Å². The van der Waals surface area contributed by atoms with Gasteiger partial charge in [-0.3, -0.25) is 0 Å². The van der Waals surface area contributed by atoms with Crippen molar-refractivity contribution in [1.29, 1.82) is 5.26 Å². The van der Waals surface area contributed by atoms with Crippen LogP contribution in [0.1, 0.15) is 30.9 Å². The summed E-state index contributed by atoms with van der Waals surface area (Å²) < 4.78 is 0. The van der Waals surface area contributed by atoms with E-state index in [0.717, 1.165) is 12.8 Å². The molecule has 0 aliphatic heterocycles. The van der Waals surface area contributed by atoms with Gasteiger partial charge in [0.1, 0.15) is 0 Å². The summed E-state index contributed by atoms with van der Waals surface area (Å²) in [6.45, 7) is 0. The molecule has 0 bridgehead atoms. The van der Waals surface area contributed by atoms with Crippen LogP contribution in [0.4, 0.5) is 0 Å². The first kappa shape index (κ1) is 13.1. The van der Waals surface area contributed by atoms with Gasteiger partial charge >= 0.3 is 0 Å². The molecule has 20 heavy (non-hydrogen) atoms. The second-order valence-corrected chi connectivity index (χ2v) is 6.09. The summed E-state index contributed by atoms with van der Waals surface area (Å²) in [5.41, 5.74) is 1.06. The Balaban J connectivity index is 2.08. The predicted octanol–water partition coefficient (Wildman–Crippen LogP) is 4.14. The summed E-state index contributed by atoms with van der Waals surface area (Å²) >= 11 is 0. The molecule has 0 spiro atoms. The first-order valence-corrected chi connectivity index (χ1v) is 7.23. The van der Waals surface area contributed by atoms with Gasteiger partial charge in [0.15, 0.2) is 0 Å². The molecular weight excluding hydrogens is 244 g/mol. The van der Waals surface area contributed by atoms with E-state index < -0.39 is 0 Å². The number of fused-ring (bicyclic) bond motifs is 1. The smallest absolute Gasteiger partial charge is 0.0770 e. The lowest BCUT2D eigenvalue weighted by atomic mass is 9.63. The van der Waals surface area contributed by atoms with Crippen LogP contribution >= 0.6 is 0 Å². The van der Waals surface area contributed by atoms with Crippen LogP contribution in [0.3, 0.4) is 0 Å². The van der Waals surface area contributed by atoms with Gasteiger partial charge in [0, 0.05) is 0 Å². The molecule has 2 heteroatoms. The molecule has 1 fully saturated rings. The minimum Gasteiger partial charge on any atom is -0.301 e. The van der Waals surface area contributed by atoms with Crippen molar-refractivity contribution in [3.63, 3.8) is 0 Å². The second-order valence-electron chi connectivity index (χ2n) is 6.09. The van der Waals surface area contributed by atoms with Crippen LogP contribution < -0.4 is 0 Å². The highest BCUT2D eigenvalue weighted by Crippen LogP contribution is 2.51.